The standard InChI is InChI=1S/C27H30N2O4S2/c1-5-6-7-14-32-20-12-10-19(11-13-20)16-22-25(30)29-24(21-9-8-15-34-21)23(26(31)33-17(2)3)18(4)28-27(29)35-22/h8-13,15-17,24H,5-7,14H2,1-4H3/b22-16-. The van der Waals surface area contributed by atoms with Gasteiger partial charge in [0, 0.05) is 4.88 Å². The van der Waals surface area contributed by atoms with Gasteiger partial charge in [-0.25, -0.2) is 9.79 Å². The molecule has 0 aliphatic carbocycles. The summed E-state index contributed by atoms with van der Waals surface area (Å²) in [4.78, 5) is 32.7. The average molecular weight is 511 g/mol. The van der Waals surface area contributed by atoms with Crippen molar-refractivity contribution in [2.75, 3.05) is 6.61 Å². The molecule has 1 aliphatic heterocycles. The number of nitrogens with zero attached hydrogens (tertiary/aromatic N) is 2. The van der Waals surface area contributed by atoms with Gasteiger partial charge >= 0.3 is 5.97 Å². The number of ether oxygens (including phenoxy) is 2. The van der Waals surface area contributed by atoms with E-state index >= 15 is 0 Å². The molecule has 1 aromatic carbocycles. The van der Waals surface area contributed by atoms with Gasteiger partial charge in [0.25, 0.3) is 5.56 Å². The lowest BCUT2D eigenvalue weighted by Crippen LogP contribution is -2.39. The minimum absolute atomic E-state index is 0.172. The molecule has 35 heavy (non-hydrogen) atoms. The van der Waals surface area contributed by atoms with Crippen LogP contribution in [0.25, 0.3) is 6.08 Å². The first-order valence-electron chi connectivity index (χ1n) is 11.9. The second-order valence-electron chi connectivity index (χ2n) is 8.68. The maximum Gasteiger partial charge on any atom is 0.338 e. The Morgan fingerprint density at radius 1 is 1.20 bits per heavy atom. The number of allylic oxidation sites excluding steroid dienone is 1. The average Bonchev–Trinajstić information content (AvgIpc) is 3.45. The monoisotopic (exact) mass is 510 g/mol. The summed E-state index contributed by atoms with van der Waals surface area (Å²) < 4.78 is 13.5. The van der Waals surface area contributed by atoms with Gasteiger partial charge < -0.3 is 9.47 Å². The number of benzene rings is 1. The van der Waals surface area contributed by atoms with Gasteiger partial charge in [0.2, 0.25) is 0 Å². The fourth-order valence-corrected chi connectivity index (χ4v) is 5.80. The topological polar surface area (TPSA) is 69.9 Å². The first kappa shape index (κ1) is 25.1. The smallest absolute Gasteiger partial charge is 0.338 e. The Labute approximate surface area is 212 Å². The third-order valence-corrected chi connectivity index (χ3v) is 7.50. The molecule has 0 fully saturated rings. The van der Waals surface area contributed by atoms with Crippen molar-refractivity contribution < 1.29 is 14.3 Å². The second-order valence-corrected chi connectivity index (χ2v) is 10.7. The number of unbranched alkanes of at least 4 members (excludes halogenated alkanes) is 2. The van der Waals surface area contributed by atoms with E-state index in [4.69, 9.17) is 9.47 Å². The van der Waals surface area contributed by atoms with Crippen molar-refractivity contribution >= 4 is 34.7 Å². The molecule has 3 heterocycles. The molecular formula is C27H30N2O4S2. The van der Waals surface area contributed by atoms with Gasteiger partial charge in [-0.1, -0.05) is 49.3 Å². The van der Waals surface area contributed by atoms with E-state index in [-0.39, 0.29) is 11.7 Å². The van der Waals surface area contributed by atoms with Crippen LogP contribution in [0.4, 0.5) is 0 Å². The summed E-state index contributed by atoms with van der Waals surface area (Å²) in [6.07, 6.45) is 4.95. The zero-order valence-electron chi connectivity index (χ0n) is 20.4. The number of carbonyl (C=O) groups excluding carboxylic acids is 1. The predicted molar refractivity (Wildman–Crippen MR) is 141 cm³/mol. The summed E-state index contributed by atoms with van der Waals surface area (Å²) in [6.45, 7) is 8.29. The summed E-state index contributed by atoms with van der Waals surface area (Å²) in [5.41, 5.74) is 1.71. The molecule has 1 aliphatic rings. The van der Waals surface area contributed by atoms with Gasteiger partial charge in [0.1, 0.15) is 11.8 Å². The third kappa shape index (κ3) is 5.65. The summed E-state index contributed by atoms with van der Waals surface area (Å²) in [6, 6.07) is 11.0. The molecule has 0 saturated heterocycles. The van der Waals surface area contributed by atoms with Crippen LogP contribution in [-0.4, -0.2) is 23.2 Å². The Hall–Kier alpha value is -2.97. The van der Waals surface area contributed by atoms with Gasteiger partial charge in [0.05, 0.1) is 28.5 Å². The van der Waals surface area contributed by atoms with Crippen LogP contribution in [0, 0.1) is 0 Å². The van der Waals surface area contributed by atoms with E-state index in [0.717, 1.165) is 35.5 Å². The lowest BCUT2D eigenvalue weighted by atomic mass is 10.0. The van der Waals surface area contributed by atoms with Crippen molar-refractivity contribution in [1.29, 1.82) is 0 Å². The van der Waals surface area contributed by atoms with Crippen molar-refractivity contribution in [3.05, 3.63) is 83.2 Å². The Balaban J connectivity index is 1.71. The highest BCUT2D eigenvalue weighted by Crippen LogP contribution is 2.33. The Kier molecular flexibility index (Phi) is 8.03. The van der Waals surface area contributed by atoms with E-state index in [0.29, 0.717) is 27.2 Å². The van der Waals surface area contributed by atoms with Crippen molar-refractivity contribution in [2.45, 2.75) is 59.1 Å². The molecule has 6 nitrogen and oxygen atoms in total. The normalized spacial score (nSPS) is 15.8. The van der Waals surface area contributed by atoms with Crippen LogP contribution in [0.3, 0.4) is 0 Å². The minimum atomic E-state index is -0.557. The quantitative estimate of drug-likeness (QED) is 0.306. The Morgan fingerprint density at radius 3 is 2.63 bits per heavy atom. The summed E-state index contributed by atoms with van der Waals surface area (Å²) in [5, 5.41) is 1.94. The molecule has 3 aromatic rings. The van der Waals surface area contributed by atoms with Gasteiger partial charge in [-0.3, -0.25) is 9.36 Å². The highest BCUT2D eigenvalue weighted by molar-refractivity contribution is 7.10. The van der Waals surface area contributed by atoms with E-state index in [9.17, 15) is 9.59 Å². The number of aromatic nitrogens is 1. The molecular weight excluding hydrogens is 480 g/mol. The van der Waals surface area contributed by atoms with Crippen LogP contribution in [0.5, 0.6) is 5.75 Å². The van der Waals surface area contributed by atoms with Crippen LogP contribution in [-0.2, 0) is 9.53 Å². The maximum absolute atomic E-state index is 13.6. The van der Waals surface area contributed by atoms with E-state index in [1.807, 2.05) is 61.7 Å². The number of rotatable bonds is 9. The van der Waals surface area contributed by atoms with E-state index in [1.165, 1.54) is 22.7 Å². The summed E-state index contributed by atoms with van der Waals surface area (Å²) in [5.74, 6) is 0.379. The molecule has 0 amide bonds. The number of esters is 1. The fraction of sp³-hybridized carbons (Fsp3) is 0.370. The van der Waals surface area contributed by atoms with Gasteiger partial charge in [0.15, 0.2) is 4.80 Å². The first-order valence-corrected chi connectivity index (χ1v) is 13.6. The summed E-state index contributed by atoms with van der Waals surface area (Å²) >= 11 is 2.83. The van der Waals surface area contributed by atoms with Crippen LogP contribution < -0.4 is 19.6 Å². The van der Waals surface area contributed by atoms with Crippen LogP contribution in [0.2, 0.25) is 0 Å². The van der Waals surface area contributed by atoms with Gasteiger partial charge in [-0.15, -0.1) is 11.3 Å². The predicted octanol–water partition coefficient (Wildman–Crippen LogP) is 4.82. The number of carbonyl (C=O) groups is 1. The Morgan fingerprint density at radius 2 is 1.97 bits per heavy atom. The molecule has 0 radical (unpaired) electrons. The van der Waals surface area contributed by atoms with Crippen molar-refractivity contribution in [2.24, 2.45) is 4.99 Å². The molecule has 184 valence electrons. The van der Waals surface area contributed by atoms with E-state index in [2.05, 4.69) is 11.9 Å². The van der Waals surface area contributed by atoms with Gasteiger partial charge in [-0.2, -0.15) is 0 Å². The van der Waals surface area contributed by atoms with Crippen LogP contribution >= 0.6 is 22.7 Å². The zero-order valence-corrected chi connectivity index (χ0v) is 22.1. The zero-order chi connectivity index (χ0) is 24.9. The van der Waals surface area contributed by atoms with Crippen molar-refractivity contribution in [3.8, 4) is 5.75 Å². The molecule has 4 rings (SSSR count). The highest BCUT2D eigenvalue weighted by Gasteiger charge is 2.34. The number of thiophene rings is 1. The number of hydrogen-bond acceptors (Lipinski definition) is 7. The SMILES string of the molecule is CCCCCOc1ccc(/C=c2\sc3n(c2=O)C(c2cccs2)C(C(=O)OC(C)C)=C(C)N=3)cc1. The molecule has 8 heteroatoms. The molecule has 0 bridgehead atoms. The van der Waals surface area contributed by atoms with Crippen LogP contribution in [0.15, 0.2) is 62.8 Å². The third-order valence-electron chi connectivity index (χ3n) is 5.59. The van der Waals surface area contributed by atoms with E-state index < -0.39 is 12.0 Å². The number of hydrogen-bond donors (Lipinski definition) is 0. The van der Waals surface area contributed by atoms with Crippen molar-refractivity contribution in [1.82, 2.24) is 4.57 Å². The number of fused-ring (bicyclic) bond motifs is 1. The molecule has 0 saturated carbocycles. The lowest BCUT2D eigenvalue weighted by molar-refractivity contribution is -0.143. The second kappa shape index (κ2) is 11.2. The summed E-state index contributed by atoms with van der Waals surface area (Å²) in [7, 11) is 0. The minimum Gasteiger partial charge on any atom is -0.494 e. The van der Waals surface area contributed by atoms with E-state index in [1.54, 1.807) is 11.5 Å². The fourth-order valence-electron chi connectivity index (χ4n) is 3.93. The van der Waals surface area contributed by atoms with Crippen LogP contribution in [0.1, 0.15) is 63.4 Å². The van der Waals surface area contributed by atoms with Crippen molar-refractivity contribution in [3.63, 3.8) is 0 Å². The highest BCUT2D eigenvalue weighted by atomic mass is 32.1. The number of thiazole rings is 1. The molecule has 2 aromatic heterocycles. The lowest BCUT2D eigenvalue weighted by Gasteiger charge is -2.24. The molecule has 0 N–H and O–H groups in total. The molecule has 0 spiro atoms. The molecule has 1 unspecified atom stereocenters. The largest absolute Gasteiger partial charge is 0.494 e. The molecule has 1 atom stereocenters. The Bertz CT molecular complexity index is 1380. The first-order chi connectivity index (χ1) is 16.9. The van der Waals surface area contributed by atoms with Gasteiger partial charge in [-0.05, 0) is 62.4 Å². The maximum atomic E-state index is 13.6.